The van der Waals surface area contributed by atoms with Crippen molar-refractivity contribution < 1.29 is 34.7 Å². The maximum Gasteiger partial charge on any atom is 3.00 e. The van der Waals surface area contributed by atoms with Crippen LogP contribution >= 0.6 is 0 Å². The molecule has 0 amide bonds. The van der Waals surface area contributed by atoms with Crippen LogP contribution in [-0.4, -0.2) is 24.0 Å². The molecular weight excluding hydrogens is 202 g/mol. The third kappa shape index (κ3) is 13.4. The third-order valence-electron chi connectivity index (χ3n) is 0.684. The van der Waals surface area contributed by atoms with Gasteiger partial charge in [-0.15, -0.1) is 0 Å². The van der Waals surface area contributed by atoms with Gasteiger partial charge in [0.2, 0.25) is 0 Å². The van der Waals surface area contributed by atoms with Crippen LogP contribution in [0.2, 0.25) is 0 Å². The maximum atomic E-state index is 10.5. The van der Waals surface area contributed by atoms with Crippen molar-refractivity contribution in [2.75, 3.05) is 6.61 Å². The summed E-state index contributed by atoms with van der Waals surface area (Å²) in [7, 11) is 0. The van der Waals surface area contributed by atoms with E-state index in [4.69, 9.17) is 0 Å². The van der Waals surface area contributed by atoms with Crippen LogP contribution in [-0.2, 0) is 4.74 Å². The summed E-state index contributed by atoms with van der Waals surface area (Å²) >= 11 is 0. The Morgan fingerprint density at radius 3 is 1.73 bits per heavy atom. The Hall–Kier alpha value is 0.452. The fourth-order valence-electron chi connectivity index (χ4n) is 0.275. The monoisotopic (exact) mass is 212 g/mol. The molecule has 0 N–H and O–H groups in total. The summed E-state index contributed by atoms with van der Waals surface area (Å²) in [5.41, 5.74) is 0.701. The van der Waals surface area contributed by atoms with Crippen LogP contribution in [0, 0.1) is 0 Å². The Labute approximate surface area is 91.0 Å². The summed E-state index contributed by atoms with van der Waals surface area (Å²) in [6, 6.07) is 0. The maximum absolute atomic E-state index is 10.5. The fourth-order valence-corrected chi connectivity index (χ4v) is 0.275. The number of halogens is 2. The molecule has 0 fully saturated rings. The fraction of sp³-hybridized carbons (Fsp3) is 0.667. The van der Waals surface area contributed by atoms with Crippen molar-refractivity contribution >= 4 is 17.4 Å². The molecule has 11 heavy (non-hydrogen) atoms. The van der Waals surface area contributed by atoms with Crippen molar-refractivity contribution in [2.24, 2.45) is 0 Å². The first-order chi connectivity index (χ1) is 3.68. The Bertz CT molecular complexity index is 103. The van der Waals surface area contributed by atoms with Crippen LogP contribution in [0.1, 0.15) is 20.8 Å². The van der Waals surface area contributed by atoms with Crippen LogP contribution in [0.15, 0.2) is 11.5 Å². The average molecular weight is 213 g/mol. The smallest absolute Gasteiger partial charge is 1.00 e. The van der Waals surface area contributed by atoms with E-state index in [2.05, 4.69) is 4.74 Å². The van der Waals surface area contributed by atoms with Crippen molar-refractivity contribution in [3.63, 3.8) is 0 Å². The predicted molar refractivity (Wildman–Crippen MR) is 35.8 cm³/mol. The van der Waals surface area contributed by atoms with E-state index in [1.165, 1.54) is 0 Å². The molecule has 0 aliphatic carbocycles. The summed E-state index contributed by atoms with van der Waals surface area (Å²) in [4.78, 5) is 0. The normalized spacial score (nSPS) is 6.09. The standard InChI is InChI=1S/C6H12O2.Al.2ClH/c1-4-8-6(7)5(2)3;;;/h7H,4H2,1-3H3;;2*1H/q;+3;;/p-3. The molecule has 0 bridgehead atoms. The summed E-state index contributed by atoms with van der Waals surface area (Å²) in [6.45, 7) is 5.72. The van der Waals surface area contributed by atoms with Gasteiger partial charge in [-0.1, -0.05) is 12.5 Å². The van der Waals surface area contributed by atoms with Gasteiger partial charge in [0.15, 0.2) is 0 Å². The Morgan fingerprint density at radius 1 is 1.27 bits per heavy atom. The molecule has 0 aromatic rings. The van der Waals surface area contributed by atoms with Crippen molar-refractivity contribution in [3.8, 4) is 0 Å². The SMILES string of the molecule is CCOC([O-])=C(C)C.[Al+3].[Cl-].[Cl-]. The zero-order chi connectivity index (χ0) is 6.57. The van der Waals surface area contributed by atoms with E-state index >= 15 is 0 Å². The molecule has 0 spiro atoms. The summed E-state index contributed by atoms with van der Waals surface area (Å²) in [6.07, 6.45) is 0. The largest absolute Gasteiger partial charge is 3.00 e. The molecule has 0 heterocycles. The Morgan fingerprint density at radius 2 is 1.64 bits per heavy atom. The van der Waals surface area contributed by atoms with Crippen LogP contribution in [0.3, 0.4) is 0 Å². The van der Waals surface area contributed by atoms with Crippen LogP contribution in [0.4, 0.5) is 0 Å². The van der Waals surface area contributed by atoms with Crippen molar-refractivity contribution in [1.82, 2.24) is 0 Å². The molecule has 0 unspecified atom stereocenters. The quantitative estimate of drug-likeness (QED) is 0.338. The predicted octanol–water partition coefficient (Wildman–Crippen LogP) is -5.74. The van der Waals surface area contributed by atoms with Crippen molar-refractivity contribution in [3.05, 3.63) is 11.5 Å². The average Bonchev–Trinajstić information content (AvgIpc) is 1.67. The number of ether oxygens (including phenoxy) is 1. The molecular formula is C6H11AlCl2O2. The van der Waals surface area contributed by atoms with Gasteiger partial charge in [-0.3, -0.25) is 0 Å². The summed E-state index contributed by atoms with van der Waals surface area (Å²) in [5.74, 6) is -0.201. The number of hydrogen-bond donors (Lipinski definition) is 0. The minimum absolute atomic E-state index is 0. The van der Waals surface area contributed by atoms with E-state index in [1.54, 1.807) is 20.8 Å². The van der Waals surface area contributed by atoms with Gasteiger partial charge in [0.05, 0.1) is 0 Å². The van der Waals surface area contributed by atoms with E-state index in [-0.39, 0.29) is 48.1 Å². The zero-order valence-corrected chi connectivity index (χ0v) is 9.52. The summed E-state index contributed by atoms with van der Waals surface area (Å²) < 4.78 is 4.63. The first-order valence-corrected chi connectivity index (χ1v) is 2.65. The first kappa shape index (κ1) is 22.5. The number of rotatable bonds is 2. The Kier molecular flexibility index (Phi) is 26.8. The van der Waals surface area contributed by atoms with Crippen molar-refractivity contribution in [1.29, 1.82) is 0 Å². The molecule has 0 aliphatic rings. The molecule has 0 aromatic heterocycles. The molecule has 0 aliphatic heterocycles. The van der Waals surface area contributed by atoms with Crippen molar-refractivity contribution in [2.45, 2.75) is 20.8 Å². The molecule has 64 valence electrons. The van der Waals surface area contributed by atoms with Gasteiger partial charge < -0.3 is 34.7 Å². The van der Waals surface area contributed by atoms with E-state index in [1.807, 2.05) is 0 Å². The molecule has 0 radical (unpaired) electrons. The van der Waals surface area contributed by atoms with Gasteiger partial charge in [0, 0.05) is 5.95 Å². The molecule has 0 saturated heterocycles. The van der Waals surface area contributed by atoms with Crippen LogP contribution < -0.4 is 29.9 Å². The third-order valence-corrected chi connectivity index (χ3v) is 0.684. The molecule has 0 saturated carbocycles. The topological polar surface area (TPSA) is 32.3 Å². The minimum atomic E-state index is -0.201. The van der Waals surface area contributed by atoms with Gasteiger partial charge in [0.1, 0.15) is 0 Å². The van der Waals surface area contributed by atoms with E-state index in [0.29, 0.717) is 12.2 Å². The second-order valence-corrected chi connectivity index (χ2v) is 1.72. The molecule has 0 aromatic carbocycles. The Balaban J connectivity index is -0.0000000817. The summed E-state index contributed by atoms with van der Waals surface area (Å²) in [5, 5.41) is 10.5. The molecule has 5 heteroatoms. The van der Waals surface area contributed by atoms with Crippen LogP contribution in [0.5, 0.6) is 0 Å². The van der Waals surface area contributed by atoms with Gasteiger partial charge >= 0.3 is 17.4 Å². The van der Waals surface area contributed by atoms with E-state index < -0.39 is 0 Å². The zero-order valence-electron chi connectivity index (χ0n) is 6.86. The van der Waals surface area contributed by atoms with E-state index in [9.17, 15) is 5.11 Å². The van der Waals surface area contributed by atoms with Crippen LogP contribution in [0.25, 0.3) is 0 Å². The minimum Gasteiger partial charge on any atom is -1.00 e. The second-order valence-electron chi connectivity index (χ2n) is 1.72. The van der Waals surface area contributed by atoms with Gasteiger partial charge in [-0.05, 0) is 20.5 Å². The first-order valence-electron chi connectivity index (χ1n) is 2.65. The molecule has 0 atom stereocenters. The van der Waals surface area contributed by atoms with Gasteiger partial charge in [-0.25, -0.2) is 0 Å². The van der Waals surface area contributed by atoms with Gasteiger partial charge in [-0.2, -0.15) is 0 Å². The van der Waals surface area contributed by atoms with E-state index in [0.717, 1.165) is 0 Å². The molecule has 0 rings (SSSR count). The van der Waals surface area contributed by atoms with Gasteiger partial charge in [0.25, 0.3) is 0 Å². The second kappa shape index (κ2) is 13.1. The number of allylic oxidation sites excluding steroid dienone is 1. The molecule has 2 nitrogen and oxygen atoms in total. The number of hydrogen-bond acceptors (Lipinski definition) is 2.